The van der Waals surface area contributed by atoms with Crippen LogP contribution in [0.2, 0.25) is 0 Å². The summed E-state index contributed by atoms with van der Waals surface area (Å²) in [6.45, 7) is 0.240. The van der Waals surface area contributed by atoms with Crippen LogP contribution in [0.25, 0.3) is 0 Å². The van der Waals surface area contributed by atoms with Crippen LogP contribution < -0.4 is 11.3 Å². The molecule has 1 heterocycles. The minimum atomic E-state index is -0.387. The van der Waals surface area contributed by atoms with Crippen molar-refractivity contribution in [3.05, 3.63) is 11.3 Å². The number of β-amino-alcohol motifs (C(OH)–C–C–N with tert-alkyl or cyclic N) is 1. The van der Waals surface area contributed by atoms with Gasteiger partial charge in [-0.3, -0.25) is 0 Å². The van der Waals surface area contributed by atoms with Crippen molar-refractivity contribution in [1.82, 2.24) is 16.2 Å². The van der Waals surface area contributed by atoms with Crippen molar-refractivity contribution in [3.8, 4) is 0 Å². The third kappa shape index (κ3) is 1.78. The number of hydrogen-bond donors (Lipinski definition) is 3. The predicted molar refractivity (Wildman–Crippen MR) is 41.2 cm³/mol. The number of nitrogens with zero attached hydrogens (tertiary/aromatic N) is 2. The van der Waals surface area contributed by atoms with E-state index < -0.39 is 0 Å². The number of rotatable bonds is 3. The van der Waals surface area contributed by atoms with E-state index in [-0.39, 0.29) is 18.0 Å². The van der Waals surface area contributed by atoms with Gasteiger partial charge in [-0.2, -0.15) is 5.43 Å². The molecular formula is C5H9N3O2S. The van der Waals surface area contributed by atoms with E-state index in [0.717, 1.165) is 0 Å². The third-order valence-corrected chi connectivity index (χ3v) is 2.30. The number of aliphatic hydroxyl groups excluding tert-OH is 2. The zero-order valence-electron chi connectivity index (χ0n) is 5.77. The van der Waals surface area contributed by atoms with Gasteiger partial charge >= 0.3 is 0 Å². The topological polar surface area (TPSA) is 78.0 Å². The third-order valence-electron chi connectivity index (χ3n) is 1.33. The molecule has 1 atom stereocenters. The molecule has 0 aromatic heterocycles. The summed E-state index contributed by atoms with van der Waals surface area (Å²) in [6, 6.07) is 0. The van der Waals surface area contributed by atoms with Gasteiger partial charge in [0.05, 0.1) is 6.61 Å². The maximum atomic E-state index is 9.13. The highest BCUT2D eigenvalue weighted by atomic mass is 32.2. The predicted octanol–water partition coefficient (Wildman–Crippen LogP) is -0.759. The lowest BCUT2D eigenvalue weighted by Gasteiger charge is -2.23. The van der Waals surface area contributed by atoms with Gasteiger partial charge in [-0.15, -0.1) is 0 Å². The number of hydrogen-bond acceptors (Lipinski definition) is 5. The lowest BCUT2D eigenvalue weighted by atomic mass is 10.6. The Hall–Kier alpha value is -0.430. The molecule has 62 valence electrons. The van der Waals surface area contributed by atoms with E-state index in [1.165, 1.54) is 22.1 Å². The first-order valence-electron chi connectivity index (χ1n) is 3.11. The molecule has 1 unspecified atom stereocenters. The van der Waals surface area contributed by atoms with Crippen molar-refractivity contribution in [2.24, 2.45) is 0 Å². The molecule has 0 aromatic rings. The molecule has 1 aliphatic rings. The molecule has 0 saturated heterocycles. The smallest absolute Gasteiger partial charge is 0.195 e. The molecule has 0 aromatic carbocycles. The molecule has 0 aliphatic carbocycles. The highest BCUT2D eigenvalue weighted by Gasteiger charge is 2.24. The number of nitrogens with one attached hydrogen (secondary N) is 1. The van der Waals surface area contributed by atoms with Gasteiger partial charge in [-0.05, 0) is 5.84 Å². The van der Waals surface area contributed by atoms with E-state index in [9.17, 15) is 0 Å². The Bertz CT molecular complexity index is 164. The van der Waals surface area contributed by atoms with Crippen LogP contribution in [0, 0.1) is 0 Å². The van der Waals surface area contributed by atoms with Crippen LogP contribution in [0.4, 0.5) is 0 Å². The minimum absolute atomic E-state index is 0.0589. The molecule has 1 rings (SSSR count). The maximum absolute atomic E-state index is 9.13. The maximum Gasteiger partial charge on any atom is 0.195 e. The summed E-state index contributed by atoms with van der Waals surface area (Å²) in [5.74, 6) is 8.61. The SMILES string of the molecule is [N]NC1SC=C(O)N1CCO. The first-order chi connectivity index (χ1) is 5.29. The van der Waals surface area contributed by atoms with E-state index in [2.05, 4.69) is 0 Å². The van der Waals surface area contributed by atoms with Gasteiger partial charge in [-0.25, -0.2) is 0 Å². The summed E-state index contributed by atoms with van der Waals surface area (Å²) >= 11 is 1.24. The van der Waals surface area contributed by atoms with E-state index in [4.69, 9.17) is 16.1 Å². The van der Waals surface area contributed by atoms with Gasteiger partial charge in [0, 0.05) is 12.0 Å². The lowest BCUT2D eigenvalue weighted by Crippen LogP contribution is -2.40. The zero-order chi connectivity index (χ0) is 8.27. The Kier molecular flexibility index (Phi) is 3.01. The van der Waals surface area contributed by atoms with Crippen molar-refractivity contribution >= 4 is 11.8 Å². The van der Waals surface area contributed by atoms with E-state index in [1.54, 1.807) is 0 Å². The Morgan fingerprint density at radius 1 is 1.82 bits per heavy atom. The number of aliphatic hydroxyl groups is 2. The van der Waals surface area contributed by atoms with E-state index in [1.807, 2.05) is 5.43 Å². The van der Waals surface area contributed by atoms with E-state index >= 15 is 0 Å². The Morgan fingerprint density at radius 3 is 3.09 bits per heavy atom. The van der Waals surface area contributed by atoms with Crippen LogP contribution in [0.3, 0.4) is 0 Å². The summed E-state index contributed by atoms with van der Waals surface area (Å²) in [7, 11) is 0. The van der Waals surface area contributed by atoms with Gasteiger partial charge < -0.3 is 15.1 Å². The molecule has 0 saturated carbocycles. The molecule has 0 spiro atoms. The molecule has 5 nitrogen and oxygen atoms in total. The van der Waals surface area contributed by atoms with Crippen LogP contribution in [0.5, 0.6) is 0 Å². The molecule has 11 heavy (non-hydrogen) atoms. The number of thioether (sulfide) groups is 1. The molecule has 2 radical (unpaired) electrons. The van der Waals surface area contributed by atoms with Crippen molar-refractivity contribution in [3.63, 3.8) is 0 Å². The van der Waals surface area contributed by atoms with Gasteiger partial charge in [-0.1, -0.05) is 11.8 Å². The second-order valence-electron chi connectivity index (χ2n) is 2.01. The van der Waals surface area contributed by atoms with Crippen molar-refractivity contribution < 1.29 is 10.2 Å². The fourth-order valence-corrected chi connectivity index (χ4v) is 1.63. The van der Waals surface area contributed by atoms with Crippen LogP contribution in [-0.2, 0) is 0 Å². The molecule has 0 amide bonds. The van der Waals surface area contributed by atoms with Crippen LogP contribution in [0.1, 0.15) is 0 Å². The van der Waals surface area contributed by atoms with Gasteiger partial charge in [0.1, 0.15) is 5.50 Å². The molecule has 1 aliphatic heterocycles. The molecule has 6 heteroatoms. The summed E-state index contributed by atoms with van der Waals surface area (Å²) in [6.07, 6.45) is 0. The second-order valence-corrected chi connectivity index (χ2v) is 2.96. The largest absolute Gasteiger partial charge is 0.494 e. The van der Waals surface area contributed by atoms with Crippen LogP contribution >= 0.6 is 11.8 Å². The first kappa shape index (κ1) is 8.66. The van der Waals surface area contributed by atoms with Gasteiger partial charge in [0.2, 0.25) is 0 Å². The highest BCUT2D eigenvalue weighted by Crippen LogP contribution is 2.26. The zero-order valence-corrected chi connectivity index (χ0v) is 6.58. The molecule has 3 N–H and O–H groups in total. The lowest BCUT2D eigenvalue weighted by molar-refractivity contribution is 0.146. The van der Waals surface area contributed by atoms with Gasteiger partial charge in [0.25, 0.3) is 0 Å². The quantitative estimate of drug-likeness (QED) is 0.491. The molecule has 0 fully saturated rings. The molecular weight excluding hydrogens is 166 g/mol. The fourth-order valence-electron chi connectivity index (χ4n) is 0.826. The van der Waals surface area contributed by atoms with Crippen molar-refractivity contribution in [2.75, 3.05) is 13.2 Å². The fraction of sp³-hybridized carbons (Fsp3) is 0.600. The Morgan fingerprint density at radius 2 is 2.55 bits per heavy atom. The second kappa shape index (κ2) is 3.82. The summed E-state index contributed by atoms with van der Waals surface area (Å²) in [4.78, 5) is 1.45. The van der Waals surface area contributed by atoms with Gasteiger partial charge in [0.15, 0.2) is 5.88 Å². The summed E-state index contributed by atoms with van der Waals surface area (Å²) in [5, 5.41) is 19.2. The monoisotopic (exact) mass is 175 g/mol. The highest BCUT2D eigenvalue weighted by molar-refractivity contribution is 8.02. The average molecular weight is 175 g/mol. The van der Waals surface area contributed by atoms with E-state index in [0.29, 0.717) is 6.54 Å². The Balaban J connectivity index is 2.49. The Labute approximate surface area is 68.8 Å². The standard InChI is InChI=1S/C5H9N3O2S/c6-7-5-8(1-2-9)4(10)3-11-5/h3,5,7,9-10H,1-2H2. The average Bonchev–Trinajstić information content (AvgIpc) is 2.34. The van der Waals surface area contributed by atoms with Crippen molar-refractivity contribution in [2.45, 2.75) is 5.50 Å². The molecule has 0 bridgehead atoms. The first-order valence-corrected chi connectivity index (χ1v) is 4.05. The normalized spacial score (nSPS) is 24.0. The van der Waals surface area contributed by atoms with Crippen molar-refractivity contribution in [1.29, 1.82) is 0 Å². The van der Waals surface area contributed by atoms with Crippen LogP contribution in [-0.4, -0.2) is 33.8 Å². The summed E-state index contributed by atoms with van der Waals surface area (Å²) < 4.78 is 0. The minimum Gasteiger partial charge on any atom is -0.494 e. The summed E-state index contributed by atoms with van der Waals surface area (Å²) in [5.41, 5.74) is 1.61. The van der Waals surface area contributed by atoms with Crippen LogP contribution in [0.15, 0.2) is 11.3 Å².